The monoisotopic (exact) mass is 327 g/mol. The van der Waals surface area contributed by atoms with Gasteiger partial charge in [0.25, 0.3) is 0 Å². The molecule has 0 amide bonds. The number of hydrogen-bond donors (Lipinski definition) is 2. The fourth-order valence-electron chi connectivity index (χ4n) is 2.35. The molecule has 0 unspecified atom stereocenters. The van der Waals surface area contributed by atoms with Crippen molar-refractivity contribution in [1.29, 1.82) is 0 Å². The van der Waals surface area contributed by atoms with E-state index in [1.165, 1.54) is 70.6 Å². The van der Waals surface area contributed by atoms with Gasteiger partial charge in [0.2, 0.25) is 0 Å². The second kappa shape index (κ2) is 23.4. The highest BCUT2D eigenvalue weighted by Crippen LogP contribution is 2.09. The molecule has 138 valence electrons. The summed E-state index contributed by atoms with van der Waals surface area (Å²) in [5, 5.41) is 11.3. The lowest BCUT2D eigenvalue weighted by atomic mass is 10.1. The number of allylic oxidation sites excluding steroid dienone is 2. The van der Waals surface area contributed by atoms with Crippen molar-refractivity contribution in [1.82, 2.24) is 5.32 Å². The van der Waals surface area contributed by atoms with Gasteiger partial charge in [-0.1, -0.05) is 70.4 Å². The average Bonchev–Trinajstić information content (AvgIpc) is 2.51. The van der Waals surface area contributed by atoms with Gasteiger partial charge < -0.3 is 10.4 Å². The van der Waals surface area contributed by atoms with Gasteiger partial charge >= 0.3 is 5.97 Å². The van der Waals surface area contributed by atoms with Crippen molar-refractivity contribution in [3.05, 3.63) is 12.2 Å². The molecule has 0 aromatic heterocycles. The number of nitrogens with one attached hydrogen (secondary N) is 1. The Kier molecular flexibility index (Phi) is 24.9. The Balaban J connectivity index is 0. The number of hydrogen-bond acceptors (Lipinski definition) is 2. The van der Waals surface area contributed by atoms with E-state index in [0.29, 0.717) is 6.42 Å². The second-order valence-corrected chi connectivity index (χ2v) is 6.23. The minimum Gasteiger partial charge on any atom is -0.481 e. The zero-order valence-electron chi connectivity index (χ0n) is 15.9. The minimum atomic E-state index is -0.664. The molecule has 0 rings (SSSR count). The van der Waals surface area contributed by atoms with E-state index in [9.17, 15) is 4.79 Å². The zero-order valence-corrected chi connectivity index (χ0v) is 15.9. The Hall–Kier alpha value is -0.830. The first-order valence-corrected chi connectivity index (χ1v) is 9.64. The molecule has 0 radical (unpaired) electrons. The third kappa shape index (κ3) is 29.8. The second-order valence-electron chi connectivity index (χ2n) is 6.23. The summed E-state index contributed by atoms with van der Waals surface area (Å²) < 4.78 is 0. The van der Waals surface area contributed by atoms with Crippen molar-refractivity contribution >= 4 is 5.97 Å². The van der Waals surface area contributed by atoms with Crippen molar-refractivity contribution in [3.63, 3.8) is 0 Å². The maximum absolute atomic E-state index is 10.3. The molecule has 3 nitrogen and oxygen atoms in total. The third-order valence-corrected chi connectivity index (χ3v) is 3.65. The van der Waals surface area contributed by atoms with Crippen LogP contribution in [0.25, 0.3) is 0 Å². The number of carboxylic acids is 1. The van der Waals surface area contributed by atoms with Gasteiger partial charge in [-0.15, -0.1) is 0 Å². The highest BCUT2D eigenvalue weighted by Gasteiger charge is 1.95. The highest BCUT2D eigenvalue weighted by molar-refractivity contribution is 5.66. The number of carbonyl (C=O) groups is 1. The quantitative estimate of drug-likeness (QED) is 0.289. The van der Waals surface area contributed by atoms with Crippen LogP contribution >= 0.6 is 0 Å². The Bertz CT molecular complexity index is 252. The first-order valence-electron chi connectivity index (χ1n) is 9.64. The molecule has 0 saturated carbocycles. The average molecular weight is 328 g/mol. The molecule has 0 saturated heterocycles. The van der Waals surface area contributed by atoms with Crippen LogP contribution in [-0.4, -0.2) is 25.2 Å². The van der Waals surface area contributed by atoms with Crippen LogP contribution in [0, 0.1) is 0 Å². The van der Waals surface area contributed by atoms with Crippen molar-refractivity contribution in [2.24, 2.45) is 0 Å². The van der Waals surface area contributed by atoms with Crippen LogP contribution in [0.3, 0.4) is 0 Å². The lowest BCUT2D eigenvalue weighted by Crippen LogP contribution is -1.93. The Labute approximate surface area is 144 Å². The minimum absolute atomic E-state index is 0.332. The van der Waals surface area contributed by atoms with Gasteiger partial charge in [0.1, 0.15) is 0 Å². The predicted molar refractivity (Wildman–Crippen MR) is 102 cm³/mol. The number of rotatable bonds is 15. The first-order chi connectivity index (χ1) is 11.2. The van der Waals surface area contributed by atoms with Crippen LogP contribution in [0.15, 0.2) is 12.2 Å². The molecule has 0 fully saturated rings. The van der Waals surface area contributed by atoms with Crippen LogP contribution in [0.2, 0.25) is 0 Å². The third-order valence-electron chi connectivity index (χ3n) is 3.65. The lowest BCUT2D eigenvalue weighted by Gasteiger charge is -1.99. The Morgan fingerprint density at radius 2 is 1.17 bits per heavy atom. The topological polar surface area (TPSA) is 49.3 Å². The summed E-state index contributed by atoms with van der Waals surface area (Å²) >= 11 is 0. The highest BCUT2D eigenvalue weighted by atomic mass is 16.4. The fourth-order valence-corrected chi connectivity index (χ4v) is 2.35. The van der Waals surface area contributed by atoms with E-state index >= 15 is 0 Å². The molecular formula is C20H41NO2. The smallest absolute Gasteiger partial charge is 0.303 e. The maximum Gasteiger partial charge on any atom is 0.303 e. The number of aliphatic carboxylic acids is 1. The summed E-state index contributed by atoms with van der Waals surface area (Å²) in [6, 6.07) is 0. The zero-order chi connectivity index (χ0) is 17.6. The molecular weight excluding hydrogens is 286 g/mol. The first kappa shape index (κ1) is 24.4. The van der Waals surface area contributed by atoms with E-state index in [4.69, 9.17) is 5.11 Å². The molecule has 23 heavy (non-hydrogen) atoms. The van der Waals surface area contributed by atoms with Gasteiger partial charge in [-0.05, 0) is 46.2 Å². The van der Waals surface area contributed by atoms with Crippen LogP contribution in [0.5, 0.6) is 0 Å². The molecule has 0 spiro atoms. The maximum atomic E-state index is 10.3. The SMILES string of the molecule is CCCCCCCCC=CCCCCCCCC(=O)O.CNC. The summed E-state index contributed by atoms with van der Waals surface area (Å²) in [5.41, 5.74) is 0. The van der Waals surface area contributed by atoms with Crippen molar-refractivity contribution in [2.45, 2.75) is 96.8 Å². The molecule has 0 aliphatic carbocycles. The Morgan fingerprint density at radius 1 is 0.783 bits per heavy atom. The normalized spacial score (nSPS) is 10.6. The lowest BCUT2D eigenvalue weighted by molar-refractivity contribution is -0.137. The number of carboxylic acid groups (broad SMARTS) is 1. The molecule has 3 heteroatoms. The molecule has 0 heterocycles. The standard InChI is InChI=1S/C18H34O2.C2H7N/c1-2-3-4-5-6-7-8-9-10-11-12-13-14-15-16-17-18(19)20;1-3-2/h9-10H,2-8,11-17H2,1H3,(H,19,20);3H,1-2H3. The van der Waals surface area contributed by atoms with Gasteiger partial charge in [0, 0.05) is 6.42 Å². The molecule has 0 atom stereocenters. The van der Waals surface area contributed by atoms with Crippen LogP contribution in [-0.2, 0) is 4.79 Å². The van der Waals surface area contributed by atoms with Gasteiger partial charge in [-0.2, -0.15) is 0 Å². The van der Waals surface area contributed by atoms with E-state index < -0.39 is 5.97 Å². The van der Waals surface area contributed by atoms with Gasteiger partial charge in [-0.25, -0.2) is 0 Å². The predicted octanol–water partition coefficient (Wildman–Crippen LogP) is 5.94. The summed E-state index contributed by atoms with van der Waals surface area (Å²) in [5.74, 6) is -0.664. The molecule has 2 N–H and O–H groups in total. The molecule has 0 aromatic rings. The molecule has 0 aromatic carbocycles. The van der Waals surface area contributed by atoms with Crippen molar-refractivity contribution < 1.29 is 9.90 Å². The van der Waals surface area contributed by atoms with E-state index in [2.05, 4.69) is 24.4 Å². The Morgan fingerprint density at radius 3 is 1.61 bits per heavy atom. The molecule has 0 aliphatic heterocycles. The summed E-state index contributed by atoms with van der Waals surface area (Å²) in [6.07, 6.45) is 21.2. The summed E-state index contributed by atoms with van der Waals surface area (Å²) in [4.78, 5) is 10.3. The van der Waals surface area contributed by atoms with Gasteiger partial charge in [0.15, 0.2) is 0 Å². The molecule has 0 bridgehead atoms. The summed E-state index contributed by atoms with van der Waals surface area (Å²) in [7, 11) is 3.75. The van der Waals surface area contributed by atoms with E-state index in [0.717, 1.165) is 12.8 Å². The van der Waals surface area contributed by atoms with Crippen LogP contribution in [0.1, 0.15) is 96.8 Å². The van der Waals surface area contributed by atoms with Crippen LogP contribution in [0.4, 0.5) is 0 Å². The fraction of sp³-hybridized carbons (Fsp3) is 0.850. The van der Waals surface area contributed by atoms with Crippen LogP contribution < -0.4 is 5.32 Å². The largest absolute Gasteiger partial charge is 0.481 e. The van der Waals surface area contributed by atoms with Gasteiger partial charge in [-0.3, -0.25) is 4.79 Å². The number of unbranched alkanes of at least 4 members (excludes halogenated alkanes) is 11. The van der Waals surface area contributed by atoms with E-state index in [-0.39, 0.29) is 0 Å². The van der Waals surface area contributed by atoms with Gasteiger partial charge in [0.05, 0.1) is 0 Å². The summed E-state index contributed by atoms with van der Waals surface area (Å²) in [6.45, 7) is 2.26. The van der Waals surface area contributed by atoms with E-state index in [1.807, 2.05) is 14.1 Å². The molecule has 0 aliphatic rings. The van der Waals surface area contributed by atoms with Crippen molar-refractivity contribution in [2.75, 3.05) is 14.1 Å². The van der Waals surface area contributed by atoms with E-state index in [1.54, 1.807) is 0 Å². The van der Waals surface area contributed by atoms with Crippen molar-refractivity contribution in [3.8, 4) is 0 Å².